The standard InChI is InChI=1S/C20H20N2O3/c23-18-8-7-16-10-11-22(14-17(16)12-18)20(25)13-21-19(24)9-6-15-4-2-1-3-5-15/h1-9,12,23H,10-11,13-14H2,(H,21,24). The first-order valence-corrected chi connectivity index (χ1v) is 8.21. The molecule has 0 fully saturated rings. The molecule has 2 aromatic carbocycles. The maximum Gasteiger partial charge on any atom is 0.244 e. The lowest BCUT2D eigenvalue weighted by Gasteiger charge is -2.29. The zero-order valence-corrected chi connectivity index (χ0v) is 13.8. The van der Waals surface area contributed by atoms with Crippen molar-refractivity contribution in [3.8, 4) is 5.75 Å². The fourth-order valence-electron chi connectivity index (χ4n) is 2.83. The number of fused-ring (bicyclic) bond motifs is 1. The topological polar surface area (TPSA) is 69.6 Å². The van der Waals surface area contributed by atoms with Gasteiger partial charge in [0.05, 0.1) is 6.54 Å². The van der Waals surface area contributed by atoms with E-state index in [1.165, 1.54) is 6.08 Å². The third-order valence-electron chi connectivity index (χ3n) is 4.20. The van der Waals surface area contributed by atoms with Crippen molar-refractivity contribution in [1.82, 2.24) is 10.2 Å². The fourth-order valence-corrected chi connectivity index (χ4v) is 2.83. The lowest BCUT2D eigenvalue weighted by molar-refractivity contribution is -0.132. The van der Waals surface area contributed by atoms with Gasteiger partial charge in [-0.2, -0.15) is 0 Å². The van der Waals surface area contributed by atoms with Crippen molar-refractivity contribution in [3.63, 3.8) is 0 Å². The second kappa shape index (κ2) is 7.66. The van der Waals surface area contributed by atoms with Gasteiger partial charge in [-0.25, -0.2) is 0 Å². The van der Waals surface area contributed by atoms with Crippen molar-refractivity contribution in [3.05, 3.63) is 71.3 Å². The Morgan fingerprint density at radius 3 is 2.72 bits per heavy atom. The van der Waals surface area contributed by atoms with Crippen LogP contribution in [0, 0.1) is 0 Å². The summed E-state index contributed by atoms with van der Waals surface area (Å²) in [4.78, 5) is 25.8. The van der Waals surface area contributed by atoms with Gasteiger partial charge in [0.1, 0.15) is 5.75 Å². The number of amides is 2. The van der Waals surface area contributed by atoms with Gasteiger partial charge in [-0.3, -0.25) is 9.59 Å². The second-order valence-electron chi connectivity index (χ2n) is 5.98. The van der Waals surface area contributed by atoms with E-state index in [4.69, 9.17) is 0 Å². The molecule has 0 atom stereocenters. The second-order valence-corrected chi connectivity index (χ2v) is 5.98. The average molecular weight is 336 g/mol. The number of benzene rings is 2. The molecule has 0 aliphatic carbocycles. The summed E-state index contributed by atoms with van der Waals surface area (Å²) in [5, 5.41) is 12.2. The minimum Gasteiger partial charge on any atom is -0.508 e. The summed E-state index contributed by atoms with van der Waals surface area (Å²) in [5.74, 6) is -0.227. The van der Waals surface area contributed by atoms with Crippen LogP contribution in [0.25, 0.3) is 6.08 Å². The van der Waals surface area contributed by atoms with Gasteiger partial charge in [-0.1, -0.05) is 36.4 Å². The predicted octanol–water partition coefficient (Wildman–Crippen LogP) is 2.11. The van der Waals surface area contributed by atoms with Gasteiger partial charge < -0.3 is 15.3 Å². The van der Waals surface area contributed by atoms with Crippen LogP contribution in [0.4, 0.5) is 0 Å². The van der Waals surface area contributed by atoms with Crippen LogP contribution in [-0.4, -0.2) is 34.9 Å². The summed E-state index contributed by atoms with van der Waals surface area (Å²) in [6.07, 6.45) is 3.88. The van der Waals surface area contributed by atoms with E-state index in [0.29, 0.717) is 13.1 Å². The largest absolute Gasteiger partial charge is 0.508 e. The number of phenols is 1. The summed E-state index contributed by atoms with van der Waals surface area (Å²) < 4.78 is 0. The molecule has 0 unspecified atom stereocenters. The van der Waals surface area contributed by atoms with E-state index in [1.54, 1.807) is 23.1 Å². The quantitative estimate of drug-likeness (QED) is 0.840. The molecule has 0 aromatic heterocycles. The van der Waals surface area contributed by atoms with E-state index in [-0.39, 0.29) is 24.1 Å². The SMILES string of the molecule is O=C(C=Cc1ccccc1)NCC(=O)N1CCc2ccc(O)cc2C1. The summed E-state index contributed by atoms with van der Waals surface area (Å²) in [7, 11) is 0. The third-order valence-corrected chi connectivity index (χ3v) is 4.20. The van der Waals surface area contributed by atoms with E-state index < -0.39 is 0 Å². The zero-order chi connectivity index (χ0) is 17.6. The Hall–Kier alpha value is -3.08. The maximum atomic E-state index is 12.3. The number of hydrogen-bond donors (Lipinski definition) is 2. The highest BCUT2D eigenvalue weighted by Gasteiger charge is 2.20. The minimum atomic E-state index is -0.299. The van der Waals surface area contributed by atoms with Gasteiger partial charge in [0.25, 0.3) is 0 Å². The molecule has 5 nitrogen and oxygen atoms in total. The van der Waals surface area contributed by atoms with Crippen molar-refractivity contribution in [1.29, 1.82) is 0 Å². The first-order valence-electron chi connectivity index (χ1n) is 8.21. The Kier molecular flexibility index (Phi) is 5.14. The molecule has 3 rings (SSSR count). The van der Waals surface area contributed by atoms with Crippen LogP contribution in [0.2, 0.25) is 0 Å². The van der Waals surface area contributed by atoms with E-state index in [0.717, 1.165) is 23.1 Å². The number of carbonyl (C=O) groups is 2. The highest BCUT2D eigenvalue weighted by molar-refractivity contribution is 5.94. The summed E-state index contributed by atoms with van der Waals surface area (Å²) in [6, 6.07) is 14.7. The van der Waals surface area contributed by atoms with Gasteiger partial charge in [-0.05, 0) is 41.3 Å². The number of nitrogens with zero attached hydrogens (tertiary/aromatic N) is 1. The maximum absolute atomic E-state index is 12.3. The molecule has 128 valence electrons. The first kappa shape index (κ1) is 16.8. The molecule has 0 bridgehead atoms. The monoisotopic (exact) mass is 336 g/mol. The Balaban J connectivity index is 1.51. The van der Waals surface area contributed by atoms with E-state index in [9.17, 15) is 14.7 Å². The average Bonchev–Trinajstić information content (AvgIpc) is 2.64. The van der Waals surface area contributed by atoms with E-state index >= 15 is 0 Å². The van der Waals surface area contributed by atoms with Gasteiger partial charge in [0.2, 0.25) is 11.8 Å². The smallest absolute Gasteiger partial charge is 0.244 e. The molecule has 2 N–H and O–H groups in total. The molecular formula is C20H20N2O3. The van der Waals surface area contributed by atoms with E-state index in [1.807, 2.05) is 36.4 Å². The van der Waals surface area contributed by atoms with Crippen molar-refractivity contribution >= 4 is 17.9 Å². The minimum absolute atomic E-state index is 0.0356. The van der Waals surface area contributed by atoms with Crippen LogP contribution in [-0.2, 0) is 22.6 Å². The van der Waals surface area contributed by atoms with Crippen molar-refractivity contribution in [2.45, 2.75) is 13.0 Å². The molecular weight excluding hydrogens is 316 g/mol. The Morgan fingerprint density at radius 1 is 1.12 bits per heavy atom. The summed E-state index contributed by atoms with van der Waals surface area (Å²) >= 11 is 0. The fraction of sp³-hybridized carbons (Fsp3) is 0.200. The third kappa shape index (κ3) is 4.47. The van der Waals surface area contributed by atoms with Gasteiger partial charge in [0, 0.05) is 19.2 Å². The summed E-state index contributed by atoms with van der Waals surface area (Å²) in [6.45, 7) is 1.04. The predicted molar refractivity (Wildman–Crippen MR) is 95.7 cm³/mol. The molecule has 0 saturated carbocycles. The molecule has 1 aliphatic heterocycles. The lowest BCUT2D eigenvalue weighted by atomic mass is 9.99. The zero-order valence-electron chi connectivity index (χ0n) is 13.8. The van der Waals surface area contributed by atoms with Crippen LogP contribution in [0.1, 0.15) is 16.7 Å². The van der Waals surface area contributed by atoms with Crippen molar-refractivity contribution in [2.24, 2.45) is 0 Å². The Bertz CT molecular complexity index is 800. The van der Waals surface area contributed by atoms with Gasteiger partial charge >= 0.3 is 0 Å². The number of nitrogens with one attached hydrogen (secondary N) is 1. The number of phenolic OH excluding ortho intramolecular Hbond substituents is 1. The lowest BCUT2D eigenvalue weighted by Crippen LogP contribution is -2.42. The number of aromatic hydroxyl groups is 1. The van der Waals surface area contributed by atoms with Crippen LogP contribution >= 0.6 is 0 Å². The van der Waals surface area contributed by atoms with Gasteiger partial charge in [0.15, 0.2) is 0 Å². The molecule has 5 heteroatoms. The highest BCUT2D eigenvalue weighted by atomic mass is 16.3. The highest BCUT2D eigenvalue weighted by Crippen LogP contribution is 2.23. The molecule has 1 heterocycles. The molecule has 0 saturated heterocycles. The van der Waals surface area contributed by atoms with Crippen molar-refractivity contribution < 1.29 is 14.7 Å². The van der Waals surface area contributed by atoms with Crippen molar-refractivity contribution in [2.75, 3.05) is 13.1 Å². The molecule has 25 heavy (non-hydrogen) atoms. The molecule has 1 aliphatic rings. The van der Waals surface area contributed by atoms with Crippen LogP contribution < -0.4 is 5.32 Å². The Labute approximate surface area is 146 Å². The van der Waals surface area contributed by atoms with Crippen LogP contribution in [0.3, 0.4) is 0 Å². The van der Waals surface area contributed by atoms with Crippen LogP contribution in [0.15, 0.2) is 54.6 Å². The number of carbonyl (C=O) groups excluding carboxylic acids is 2. The molecule has 2 aromatic rings. The molecule has 0 radical (unpaired) electrons. The number of hydrogen-bond acceptors (Lipinski definition) is 3. The first-order chi connectivity index (χ1) is 12.1. The Morgan fingerprint density at radius 2 is 1.92 bits per heavy atom. The van der Waals surface area contributed by atoms with Gasteiger partial charge in [-0.15, -0.1) is 0 Å². The van der Waals surface area contributed by atoms with Crippen LogP contribution in [0.5, 0.6) is 5.75 Å². The molecule has 2 amide bonds. The normalized spacial score (nSPS) is 13.5. The number of rotatable bonds is 4. The molecule has 0 spiro atoms. The van der Waals surface area contributed by atoms with E-state index in [2.05, 4.69) is 5.32 Å². The summed E-state index contributed by atoms with van der Waals surface area (Å²) in [5.41, 5.74) is 3.03.